The van der Waals surface area contributed by atoms with E-state index in [0.717, 1.165) is 24.1 Å². The summed E-state index contributed by atoms with van der Waals surface area (Å²) in [5.41, 5.74) is 1.48. The average molecular weight is 277 g/mol. The van der Waals surface area contributed by atoms with E-state index in [1.807, 2.05) is 0 Å². The third-order valence-corrected chi connectivity index (χ3v) is 3.04. The highest BCUT2D eigenvalue weighted by Gasteiger charge is 2.24. The molecule has 1 aromatic rings. The molecule has 0 unspecified atom stereocenters. The first-order valence-corrected chi connectivity index (χ1v) is 6.66. The lowest BCUT2D eigenvalue weighted by Gasteiger charge is -2.15. The molecule has 0 aliphatic heterocycles. The number of hydrogen-bond acceptors (Lipinski definition) is 4. The number of hydrogen-bond donors (Lipinski definition) is 4. The molecule has 6 heteroatoms. The smallest absolute Gasteiger partial charge is 0.321 e. The Balaban J connectivity index is 1.84. The zero-order chi connectivity index (χ0) is 14.5. The molecule has 0 radical (unpaired) electrons. The second kappa shape index (κ2) is 6.38. The molecule has 0 saturated heterocycles. The summed E-state index contributed by atoms with van der Waals surface area (Å²) >= 11 is 0. The fourth-order valence-electron chi connectivity index (χ4n) is 1.74. The van der Waals surface area contributed by atoms with Gasteiger partial charge in [0.2, 0.25) is 5.91 Å². The van der Waals surface area contributed by atoms with Crippen molar-refractivity contribution in [2.75, 3.05) is 5.32 Å². The van der Waals surface area contributed by atoms with Crippen LogP contribution in [0, 0.1) is 0 Å². The monoisotopic (exact) mass is 277 g/mol. The summed E-state index contributed by atoms with van der Waals surface area (Å²) in [4.78, 5) is 23.3. The van der Waals surface area contributed by atoms with Crippen molar-refractivity contribution in [3.63, 3.8) is 0 Å². The lowest BCUT2D eigenvalue weighted by Crippen LogP contribution is -2.46. The van der Waals surface area contributed by atoms with Crippen LogP contribution in [-0.4, -0.2) is 29.1 Å². The minimum absolute atomic E-state index is 0.0557. The third-order valence-electron chi connectivity index (χ3n) is 3.04. The van der Waals surface area contributed by atoms with Gasteiger partial charge in [0.1, 0.15) is 6.04 Å². The van der Waals surface area contributed by atoms with Gasteiger partial charge in [0.25, 0.3) is 0 Å². The summed E-state index contributed by atoms with van der Waals surface area (Å²) in [6.07, 6.45) is 1.95. The van der Waals surface area contributed by atoms with E-state index in [1.54, 1.807) is 31.2 Å². The molecular formula is C14H19N3O3. The summed E-state index contributed by atoms with van der Waals surface area (Å²) < 4.78 is 0. The Labute approximate surface area is 117 Å². The van der Waals surface area contributed by atoms with Crippen molar-refractivity contribution in [2.24, 2.45) is 0 Å². The Bertz CT molecular complexity index is 500. The average Bonchev–Trinajstić information content (AvgIpc) is 3.22. The summed E-state index contributed by atoms with van der Waals surface area (Å²) in [5.74, 6) is -0.391. The Morgan fingerprint density at radius 2 is 2.15 bits per heavy atom. The summed E-state index contributed by atoms with van der Waals surface area (Å²) in [5, 5.41) is 17.0. The van der Waals surface area contributed by atoms with E-state index in [9.17, 15) is 9.59 Å². The molecule has 0 bridgehead atoms. The van der Waals surface area contributed by atoms with Gasteiger partial charge < -0.3 is 15.7 Å². The Hall–Kier alpha value is -2.08. The number of imide groups is 1. The number of amides is 3. The van der Waals surface area contributed by atoms with Gasteiger partial charge in [-0.25, -0.2) is 4.79 Å². The van der Waals surface area contributed by atoms with E-state index in [2.05, 4.69) is 16.0 Å². The molecule has 3 amide bonds. The quantitative estimate of drug-likeness (QED) is 0.645. The fraction of sp³-hybridized carbons (Fsp3) is 0.429. The molecule has 1 atom stereocenters. The molecule has 0 spiro atoms. The predicted molar refractivity (Wildman–Crippen MR) is 75.1 cm³/mol. The maximum atomic E-state index is 11.8. The van der Waals surface area contributed by atoms with Gasteiger partial charge in [0.05, 0.1) is 6.61 Å². The van der Waals surface area contributed by atoms with E-state index in [-0.39, 0.29) is 12.6 Å². The highest BCUT2D eigenvalue weighted by atomic mass is 16.3. The molecule has 6 nitrogen and oxygen atoms in total. The highest BCUT2D eigenvalue weighted by Crippen LogP contribution is 2.18. The van der Waals surface area contributed by atoms with Crippen LogP contribution in [0.25, 0.3) is 0 Å². The van der Waals surface area contributed by atoms with Crippen LogP contribution in [0.3, 0.4) is 0 Å². The van der Waals surface area contributed by atoms with Gasteiger partial charge in [-0.2, -0.15) is 0 Å². The van der Waals surface area contributed by atoms with Gasteiger partial charge in [-0.1, -0.05) is 12.1 Å². The van der Waals surface area contributed by atoms with Crippen LogP contribution in [-0.2, 0) is 11.4 Å². The topological polar surface area (TPSA) is 90.5 Å². The Morgan fingerprint density at radius 3 is 2.80 bits per heavy atom. The molecule has 1 aliphatic rings. The number of carbonyl (C=O) groups excluding carboxylic acids is 2. The first-order chi connectivity index (χ1) is 9.58. The molecule has 1 saturated carbocycles. The summed E-state index contributed by atoms with van der Waals surface area (Å²) in [6, 6.07) is 6.36. The van der Waals surface area contributed by atoms with E-state index < -0.39 is 18.0 Å². The van der Waals surface area contributed by atoms with Gasteiger partial charge in [0.15, 0.2) is 0 Å². The zero-order valence-electron chi connectivity index (χ0n) is 11.3. The maximum absolute atomic E-state index is 11.8. The van der Waals surface area contributed by atoms with Crippen LogP contribution in [0.15, 0.2) is 24.3 Å². The zero-order valence-corrected chi connectivity index (χ0v) is 11.3. The largest absolute Gasteiger partial charge is 0.392 e. The number of aliphatic hydroxyl groups is 1. The molecule has 1 aromatic carbocycles. The third kappa shape index (κ3) is 4.24. The van der Waals surface area contributed by atoms with Crippen LogP contribution in [0.1, 0.15) is 25.3 Å². The van der Waals surface area contributed by atoms with Crippen LogP contribution in [0.2, 0.25) is 0 Å². The minimum atomic E-state index is -0.547. The number of nitrogens with one attached hydrogen (secondary N) is 3. The molecule has 0 aromatic heterocycles. The first-order valence-electron chi connectivity index (χ1n) is 6.66. The van der Waals surface area contributed by atoms with Crippen molar-refractivity contribution in [1.29, 1.82) is 0 Å². The first kappa shape index (κ1) is 14.3. The van der Waals surface area contributed by atoms with Crippen LogP contribution in [0.5, 0.6) is 0 Å². The second-order valence-corrected chi connectivity index (χ2v) is 4.96. The van der Waals surface area contributed by atoms with Gasteiger partial charge in [-0.15, -0.1) is 0 Å². The highest BCUT2D eigenvalue weighted by molar-refractivity contribution is 5.98. The molecule has 1 aliphatic carbocycles. The normalized spacial score (nSPS) is 15.3. The van der Waals surface area contributed by atoms with Gasteiger partial charge >= 0.3 is 6.03 Å². The van der Waals surface area contributed by atoms with Crippen LogP contribution < -0.4 is 16.0 Å². The maximum Gasteiger partial charge on any atom is 0.321 e. The van der Waals surface area contributed by atoms with E-state index in [4.69, 9.17) is 5.11 Å². The van der Waals surface area contributed by atoms with Crippen LogP contribution >= 0.6 is 0 Å². The van der Waals surface area contributed by atoms with Crippen molar-refractivity contribution < 1.29 is 14.7 Å². The standard InChI is InChI=1S/C14H19N3O3/c1-9(13(19)17-14(20)16-11-5-6-11)15-12-4-2-3-10(7-12)8-18/h2-4,7,9,11,15,18H,5-6,8H2,1H3,(H2,16,17,19,20)/t9-/m0/s1. The lowest BCUT2D eigenvalue weighted by atomic mass is 10.2. The van der Waals surface area contributed by atoms with E-state index >= 15 is 0 Å². The van der Waals surface area contributed by atoms with Crippen molar-refractivity contribution in [1.82, 2.24) is 10.6 Å². The molecule has 1 fully saturated rings. The van der Waals surface area contributed by atoms with Crippen molar-refractivity contribution in [3.05, 3.63) is 29.8 Å². The number of anilines is 1. The number of aliphatic hydroxyl groups excluding tert-OH is 1. The number of carbonyl (C=O) groups is 2. The second-order valence-electron chi connectivity index (χ2n) is 4.96. The fourth-order valence-corrected chi connectivity index (χ4v) is 1.74. The molecular weight excluding hydrogens is 258 g/mol. The van der Waals surface area contributed by atoms with E-state index in [0.29, 0.717) is 0 Å². The van der Waals surface area contributed by atoms with E-state index in [1.165, 1.54) is 0 Å². The Morgan fingerprint density at radius 1 is 1.40 bits per heavy atom. The lowest BCUT2D eigenvalue weighted by molar-refractivity contribution is -0.120. The molecule has 4 N–H and O–H groups in total. The summed E-state index contributed by atoms with van der Waals surface area (Å²) in [7, 11) is 0. The van der Waals surface area contributed by atoms with Gasteiger partial charge in [-0.05, 0) is 37.5 Å². The van der Waals surface area contributed by atoms with Crippen molar-refractivity contribution in [3.8, 4) is 0 Å². The Kier molecular flexibility index (Phi) is 4.57. The molecule has 0 heterocycles. The molecule has 108 valence electrons. The number of rotatable bonds is 5. The van der Waals surface area contributed by atoms with Crippen molar-refractivity contribution in [2.45, 2.75) is 38.5 Å². The molecule has 20 heavy (non-hydrogen) atoms. The minimum Gasteiger partial charge on any atom is -0.392 e. The predicted octanol–water partition coefficient (Wildman–Crippen LogP) is 0.967. The van der Waals surface area contributed by atoms with Gasteiger partial charge in [-0.3, -0.25) is 10.1 Å². The van der Waals surface area contributed by atoms with Crippen LogP contribution in [0.4, 0.5) is 10.5 Å². The summed E-state index contributed by atoms with van der Waals surface area (Å²) in [6.45, 7) is 1.62. The van der Waals surface area contributed by atoms with Gasteiger partial charge in [0, 0.05) is 11.7 Å². The van der Waals surface area contributed by atoms with Crippen molar-refractivity contribution >= 4 is 17.6 Å². The molecule has 2 rings (SSSR count). The SMILES string of the molecule is C[C@H](Nc1cccc(CO)c1)C(=O)NC(=O)NC1CC1. The number of benzene rings is 1. The number of urea groups is 1.